The fraction of sp³-hybridized carbons (Fsp3) is 0.0714. The molecule has 0 aromatic heterocycles. The Kier molecular flexibility index (Phi) is 3.95. The van der Waals surface area contributed by atoms with Crippen molar-refractivity contribution in [2.45, 2.75) is 0 Å². The predicted molar refractivity (Wildman–Crippen MR) is 74.8 cm³/mol. The highest BCUT2D eigenvalue weighted by Gasteiger charge is 2.11. The summed E-state index contributed by atoms with van der Waals surface area (Å²) in [4.78, 5) is 21.2. The number of nitrogens with one attached hydrogen (secondary N) is 1. The number of para-hydroxylation sites is 2. The zero-order chi connectivity index (χ0) is 14.5. The van der Waals surface area contributed by atoms with E-state index in [9.17, 15) is 14.9 Å². The van der Waals surface area contributed by atoms with E-state index in [1.54, 1.807) is 12.1 Å². The van der Waals surface area contributed by atoms with E-state index in [0.29, 0.717) is 23.4 Å². The Morgan fingerprint density at radius 2 is 1.95 bits per heavy atom. The molecule has 0 radical (unpaired) electrons. The number of nitrogens with zero attached hydrogens (tertiary/aromatic N) is 1. The number of hydrogen-bond donors (Lipinski definition) is 1. The van der Waals surface area contributed by atoms with Crippen LogP contribution in [0.1, 0.15) is 10.4 Å². The number of nitro benzene ring substituents is 1. The van der Waals surface area contributed by atoms with Crippen LogP contribution in [0.25, 0.3) is 0 Å². The first-order valence-corrected chi connectivity index (χ1v) is 5.79. The number of rotatable bonds is 5. The molecule has 20 heavy (non-hydrogen) atoms. The van der Waals surface area contributed by atoms with E-state index in [2.05, 4.69) is 5.32 Å². The molecule has 0 atom stereocenters. The van der Waals surface area contributed by atoms with Crippen molar-refractivity contribution in [2.24, 2.45) is 0 Å². The molecule has 0 fully saturated rings. The lowest BCUT2D eigenvalue weighted by molar-refractivity contribution is -0.384. The summed E-state index contributed by atoms with van der Waals surface area (Å²) in [7, 11) is 1.54. The van der Waals surface area contributed by atoms with Crippen molar-refractivity contribution >= 4 is 23.3 Å². The number of carbonyl (C=O) groups excluding carboxylic acids is 1. The third-order valence-electron chi connectivity index (χ3n) is 2.75. The van der Waals surface area contributed by atoms with Crippen molar-refractivity contribution in [3.05, 3.63) is 58.1 Å². The van der Waals surface area contributed by atoms with Crippen LogP contribution in [0.3, 0.4) is 0 Å². The first kappa shape index (κ1) is 13.5. The molecule has 0 unspecified atom stereocenters. The summed E-state index contributed by atoms with van der Waals surface area (Å²) in [6.07, 6.45) is 0.574. The summed E-state index contributed by atoms with van der Waals surface area (Å²) in [6.45, 7) is 0. The van der Waals surface area contributed by atoms with Gasteiger partial charge in [-0.2, -0.15) is 0 Å². The summed E-state index contributed by atoms with van der Waals surface area (Å²) in [5.41, 5.74) is 1.24. The van der Waals surface area contributed by atoms with Gasteiger partial charge in [0, 0.05) is 23.4 Å². The highest BCUT2D eigenvalue weighted by atomic mass is 16.6. The molecule has 0 spiro atoms. The van der Waals surface area contributed by atoms with Gasteiger partial charge in [-0.3, -0.25) is 14.9 Å². The number of methoxy groups -OCH3 is 1. The number of benzene rings is 2. The van der Waals surface area contributed by atoms with Gasteiger partial charge in [0.1, 0.15) is 5.75 Å². The topological polar surface area (TPSA) is 81.5 Å². The average molecular weight is 272 g/mol. The van der Waals surface area contributed by atoms with Gasteiger partial charge in [-0.05, 0) is 18.2 Å². The number of aldehydes is 1. The van der Waals surface area contributed by atoms with E-state index in [-0.39, 0.29) is 11.3 Å². The summed E-state index contributed by atoms with van der Waals surface area (Å²) in [6, 6.07) is 11.3. The molecule has 0 heterocycles. The third kappa shape index (κ3) is 2.74. The maximum atomic E-state index is 11.1. The van der Waals surface area contributed by atoms with Gasteiger partial charge in [0.2, 0.25) is 0 Å². The lowest BCUT2D eigenvalue weighted by atomic mass is 10.1. The van der Waals surface area contributed by atoms with Crippen molar-refractivity contribution < 1.29 is 14.5 Å². The molecule has 0 aliphatic rings. The number of non-ortho nitro benzene ring substituents is 1. The Morgan fingerprint density at radius 1 is 1.20 bits per heavy atom. The number of nitro groups is 1. The summed E-state index contributed by atoms with van der Waals surface area (Å²) in [5.74, 6) is 0.614. The third-order valence-corrected chi connectivity index (χ3v) is 2.75. The Morgan fingerprint density at radius 3 is 2.60 bits per heavy atom. The SMILES string of the molecule is COc1ccccc1Nc1ccc([N+](=O)[O-])cc1C=O. The molecule has 0 aliphatic carbocycles. The molecule has 2 aromatic carbocycles. The predicted octanol–water partition coefficient (Wildman–Crippen LogP) is 3.16. The molecular weight excluding hydrogens is 260 g/mol. The van der Waals surface area contributed by atoms with Crippen molar-refractivity contribution in [3.8, 4) is 5.75 Å². The van der Waals surface area contributed by atoms with Gasteiger partial charge >= 0.3 is 0 Å². The number of hydrogen-bond acceptors (Lipinski definition) is 5. The van der Waals surface area contributed by atoms with E-state index >= 15 is 0 Å². The van der Waals surface area contributed by atoms with Crippen LogP contribution in [0.4, 0.5) is 17.1 Å². The first-order valence-electron chi connectivity index (χ1n) is 5.79. The van der Waals surface area contributed by atoms with Crippen molar-refractivity contribution in [3.63, 3.8) is 0 Å². The first-order chi connectivity index (χ1) is 9.65. The lowest BCUT2D eigenvalue weighted by Gasteiger charge is -2.12. The quantitative estimate of drug-likeness (QED) is 0.513. The minimum Gasteiger partial charge on any atom is -0.495 e. The van der Waals surface area contributed by atoms with Gasteiger partial charge in [0.25, 0.3) is 5.69 Å². The van der Waals surface area contributed by atoms with Crippen molar-refractivity contribution in [1.82, 2.24) is 0 Å². The molecule has 0 amide bonds. The summed E-state index contributed by atoms with van der Waals surface area (Å²) < 4.78 is 5.19. The standard InChI is InChI=1S/C14H12N2O4/c1-20-14-5-3-2-4-13(14)15-12-7-6-11(16(18)19)8-10(12)9-17/h2-9,15H,1H3. The molecule has 6 heteroatoms. The molecule has 2 rings (SSSR count). The van der Waals surface area contributed by atoms with Crippen LogP contribution in [-0.2, 0) is 0 Å². The molecule has 0 bridgehead atoms. The minimum absolute atomic E-state index is 0.127. The largest absolute Gasteiger partial charge is 0.495 e. The maximum absolute atomic E-state index is 11.1. The Hall–Kier alpha value is -2.89. The molecule has 1 N–H and O–H groups in total. The second-order valence-electron chi connectivity index (χ2n) is 3.97. The molecule has 6 nitrogen and oxygen atoms in total. The van der Waals surface area contributed by atoms with Gasteiger partial charge < -0.3 is 10.1 Å². The summed E-state index contributed by atoms with van der Waals surface area (Å²) in [5, 5.41) is 13.7. The Bertz CT molecular complexity index is 655. The fourth-order valence-corrected chi connectivity index (χ4v) is 1.77. The summed E-state index contributed by atoms with van der Waals surface area (Å²) >= 11 is 0. The van der Waals surface area contributed by atoms with Crippen LogP contribution in [0.5, 0.6) is 5.75 Å². The Balaban J connectivity index is 2.38. The second-order valence-corrected chi connectivity index (χ2v) is 3.97. The van der Waals surface area contributed by atoms with Gasteiger partial charge in [0.05, 0.1) is 17.7 Å². The van der Waals surface area contributed by atoms with Crippen molar-refractivity contribution in [2.75, 3.05) is 12.4 Å². The highest BCUT2D eigenvalue weighted by Crippen LogP contribution is 2.29. The zero-order valence-electron chi connectivity index (χ0n) is 10.7. The van der Waals surface area contributed by atoms with Crippen LogP contribution < -0.4 is 10.1 Å². The van der Waals surface area contributed by atoms with E-state index in [0.717, 1.165) is 0 Å². The maximum Gasteiger partial charge on any atom is 0.270 e. The van der Waals surface area contributed by atoms with E-state index in [1.807, 2.05) is 12.1 Å². The van der Waals surface area contributed by atoms with Crippen LogP contribution in [0, 0.1) is 10.1 Å². The normalized spacial score (nSPS) is 9.85. The van der Waals surface area contributed by atoms with E-state index < -0.39 is 4.92 Å². The van der Waals surface area contributed by atoms with Crippen molar-refractivity contribution in [1.29, 1.82) is 0 Å². The monoisotopic (exact) mass is 272 g/mol. The van der Waals surface area contributed by atoms with Crippen LogP contribution in [0.15, 0.2) is 42.5 Å². The average Bonchev–Trinajstić information content (AvgIpc) is 2.48. The van der Waals surface area contributed by atoms with Gasteiger partial charge in [-0.25, -0.2) is 0 Å². The zero-order valence-corrected chi connectivity index (χ0v) is 10.7. The molecule has 2 aromatic rings. The van der Waals surface area contributed by atoms with Crippen LogP contribution >= 0.6 is 0 Å². The van der Waals surface area contributed by atoms with Crippen LogP contribution in [-0.4, -0.2) is 18.3 Å². The van der Waals surface area contributed by atoms with Crippen LogP contribution in [0.2, 0.25) is 0 Å². The number of ether oxygens (including phenoxy) is 1. The minimum atomic E-state index is -0.542. The number of carbonyl (C=O) groups is 1. The van der Waals surface area contributed by atoms with Gasteiger partial charge in [-0.15, -0.1) is 0 Å². The highest BCUT2D eigenvalue weighted by molar-refractivity contribution is 5.87. The molecular formula is C14H12N2O4. The molecule has 0 saturated heterocycles. The molecule has 0 saturated carbocycles. The fourth-order valence-electron chi connectivity index (χ4n) is 1.77. The Labute approximate surface area is 115 Å². The van der Waals surface area contributed by atoms with Gasteiger partial charge in [-0.1, -0.05) is 12.1 Å². The molecule has 102 valence electrons. The van der Waals surface area contributed by atoms with E-state index in [1.165, 1.54) is 25.3 Å². The smallest absolute Gasteiger partial charge is 0.270 e. The second kappa shape index (κ2) is 5.83. The lowest BCUT2D eigenvalue weighted by Crippen LogP contribution is -1.99. The number of anilines is 2. The van der Waals surface area contributed by atoms with E-state index in [4.69, 9.17) is 4.74 Å². The molecule has 0 aliphatic heterocycles. The van der Waals surface area contributed by atoms with Gasteiger partial charge in [0.15, 0.2) is 6.29 Å².